The van der Waals surface area contributed by atoms with Crippen LogP contribution >= 0.6 is 11.3 Å². The molecular formula is C16H27NO2S. The van der Waals surface area contributed by atoms with E-state index in [4.69, 9.17) is 0 Å². The molecular weight excluding hydrogens is 270 g/mol. The molecule has 1 unspecified atom stereocenters. The highest BCUT2D eigenvalue weighted by molar-refractivity contribution is 7.10. The molecule has 0 bridgehead atoms. The van der Waals surface area contributed by atoms with Crippen molar-refractivity contribution in [3.05, 3.63) is 22.4 Å². The minimum absolute atomic E-state index is 0.00369. The Morgan fingerprint density at radius 1 is 1.35 bits per heavy atom. The Labute approximate surface area is 126 Å². The van der Waals surface area contributed by atoms with E-state index in [-0.39, 0.29) is 17.2 Å². The van der Waals surface area contributed by atoms with Crippen molar-refractivity contribution in [3.8, 4) is 0 Å². The van der Waals surface area contributed by atoms with Gasteiger partial charge in [-0.1, -0.05) is 33.8 Å². The molecule has 1 rings (SSSR count). The first kappa shape index (κ1) is 17.2. The lowest BCUT2D eigenvalue weighted by atomic mass is 9.80. The van der Waals surface area contributed by atoms with Gasteiger partial charge in [-0.05, 0) is 31.2 Å². The molecule has 0 radical (unpaired) electrons. The molecule has 4 heteroatoms. The van der Waals surface area contributed by atoms with Gasteiger partial charge in [-0.3, -0.25) is 4.79 Å². The number of carbonyl (C=O) groups is 1. The Balaban J connectivity index is 2.68. The van der Waals surface area contributed by atoms with E-state index in [0.717, 1.165) is 4.88 Å². The molecule has 0 spiro atoms. The van der Waals surface area contributed by atoms with Crippen molar-refractivity contribution in [1.29, 1.82) is 0 Å². The van der Waals surface area contributed by atoms with E-state index in [9.17, 15) is 9.90 Å². The third kappa shape index (κ3) is 3.83. The topological polar surface area (TPSA) is 49.3 Å². The molecule has 114 valence electrons. The van der Waals surface area contributed by atoms with Crippen LogP contribution < -0.4 is 5.32 Å². The van der Waals surface area contributed by atoms with Crippen LogP contribution in [-0.2, 0) is 10.2 Å². The maximum absolute atomic E-state index is 12.4. The van der Waals surface area contributed by atoms with Gasteiger partial charge in [-0.2, -0.15) is 0 Å². The summed E-state index contributed by atoms with van der Waals surface area (Å²) in [5, 5.41) is 15.2. The van der Waals surface area contributed by atoms with E-state index in [2.05, 4.69) is 5.32 Å². The van der Waals surface area contributed by atoms with Gasteiger partial charge in [0.05, 0.1) is 11.5 Å². The summed E-state index contributed by atoms with van der Waals surface area (Å²) >= 11 is 1.59. The number of rotatable bonds is 6. The van der Waals surface area contributed by atoms with Gasteiger partial charge in [0, 0.05) is 16.8 Å². The lowest BCUT2D eigenvalue weighted by Crippen LogP contribution is -2.47. The number of hydrogen-bond acceptors (Lipinski definition) is 3. The van der Waals surface area contributed by atoms with Crippen LogP contribution in [-0.4, -0.2) is 23.7 Å². The monoisotopic (exact) mass is 297 g/mol. The summed E-state index contributed by atoms with van der Waals surface area (Å²) in [4.78, 5) is 13.5. The summed E-state index contributed by atoms with van der Waals surface area (Å²) in [6, 6.07) is 3.94. The van der Waals surface area contributed by atoms with E-state index in [1.165, 1.54) is 0 Å². The summed E-state index contributed by atoms with van der Waals surface area (Å²) in [7, 11) is 0. The van der Waals surface area contributed by atoms with E-state index in [0.29, 0.717) is 6.54 Å². The second-order valence-electron chi connectivity index (χ2n) is 6.96. The van der Waals surface area contributed by atoms with E-state index in [1.807, 2.05) is 59.1 Å². The summed E-state index contributed by atoms with van der Waals surface area (Å²) in [5.74, 6) is 0.177. The summed E-state index contributed by atoms with van der Waals surface area (Å²) in [6.45, 7) is 12.3. The molecule has 0 saturated carbocycles. The second-order valence-corrected chi connectivity index (χ2v) is 7.91. The minimum Gasteiger partial charge on any atom is -0.392 e. The van der Waals surface area contributed by atoms with Gasteiger partial charge in [0.1, 0.15) is 0 Å². The van der Waals surface area contributed by atoms with Gasteiger partial charge >= 0.3 is 0 Å². The molecule has 3 nitrogen and oxygen atoms in total. The first-order chi connectivity index (χ1) is 9.09. The normalized spacial score (nSPS) is 14.4. The Morgan fingerprint density at radius 3 is 2.40 bits per heavy atom. The number of aliphatic hydroxyl groups excluding tert-OH is 1. The Bertz CT molecular complexity index is 435. The Kier molecular flexibility index (Phi) is 5.39. The summed E-state index contributed by atoms with van der Waals surface area (Å²) < 4.78 is 0. The van der Waals surface area contributed by atoms with Crippen molar-refractivity contribution < 1.29 is 9.90 Å². The molecule has 1 heterocycles. The first-order valence-electron chi connectivity index (χ1n) is 7.09. The highest BCUT2D eigenvalue weighted by Gasteiger charge is 2.34. The predicted octanol–water partition coefficient (Wildman–Crippen LogP) is 3.19. The molecule has 0 aromatic carbocycles. The second kappa shape index (κ2) is 6.27. The quantitative estimate of drug-likeness (QED) is 0.847. The van der Waals surface area contributed by atoms with Crippen molar-refractivity contribution in [2.24, 2.45) is 11.3 Å². The molecule has 0 saturated heterocycles. The molecule has 0 aliphatic heterocycles. The van der Waals surface area contributed by atoms with Gasteiger partial charge in [0.15, 0.2) is 0 Å². The van der Waals surface area contributed by atoms with Crippen LogP contribution in [0.5, 0.6) is 0 Å². The lowest BCUT2D eigenvalue weighted by molar-refractivity contribution is -0.126. The Hall–Kier alpha value is -0.870. The van der Waals surface area contributed by atoms with Gasteiger partial charge in [-0.25, -0.2) is 0 Å². The van der Waals surface area contributed by atoms with Crippen molar-refractivity contribution in [2.45, 2.75) is 53.1 Å². The average Bonchev–Trinajstić information content (AvgIpc) is 2.89. The molecule has 0 aliphatic carbocycles. The average molecular weight is 297 g/mol. The van der Waals surface area contributed by atoms with E-state index >= 15 is 0 Å². The maximum Gasteiger partial charge on any atom is 0.230 e. The molecule has 20 heavy (non-hydrogen) atoms. The number of amides is 1. The smallest absolute Gasteiger partial charge is 0.230 e. The van der Waals surface area contributed by atoms with Crippen LogP contribution in [0.15, 0.2) is 17.5 Å². The number of nitrogens with one attached hydrogen (secondary N) is 1. The molecule has 1 aromatic rings. The molecule has 2 N–H and O–H groups in total. The zero-order chi connectivity index (χ0) is 15.6. The van der Waals surface area contributed by atoms with Crippen LogP contribution in [0, 0.1) is 11.3 Å². The standard InChI is InChI=1S/C16H27NO2S/c1-11(2)13(18)15(3,4)10-17-14(19)16(5,6)12-8-7-9-20-12/h7-9,11,13,18H,10H2,1-6H3,(H,17,19). The number of aliphatic hydroxyl groups is 1. The highest BCUT2D eigenvalue weighted by atomic mass is 32.1. The van der Waals surface area contributed by atoms with Crippen LogP contribution in [0.4, 0.5) is 0 Å². The minimum atomic E-state index is -0.535. The molecule has 1 aromatic heterocycles. The van der Waals surface area contributed by atoms with Gasteiger partial charge in [0.2, 0.25) is 5.91 Å². The van der Waals surface area contributed by atoms with Crippen LogP contribution in [0.2, 0.25) is 0 Å². The highest BCUT2D eigenvalue weighted by Crippen LogP contribution is 2.29. The maximum atomic E-state index is 12.4. The SMILES string of the molecule is CC(C)C(O)C(C)(C)CNC(=O)C(C)(C)c1cccs1. The largest absolute Gasteiger partial charge is 0.392 e. The molecule has 0 aliphatic rings. The fourth-order valence-electron chi connectivity index (χ4n) is 2.28. The third-order valence-corrected chi connectivity index (χ3v) is 5.04. The van der Waals surface area contributed by atoms with Gasteiger partial charge in [-0.15, -0.1) is 11.3 Å². The van der Waals surface area contributed by atoms with Gasteiger partial charge in [0.25, 0.3) is 0 Å². The molecule has 1 amide bonds. The van der Waals surface area contributed by atoms with Crippen molar-refractivity contribution >= 4 is 17.2 Å². The van der Waals surface area contributed by atoms with Gasteiger partial charge < -0.3 is 10.4 Å². The summed E-state index contributed by atoms with van der Waals surface area (Å²) in [6.07, 6.45) is -0.437. The van der Waals surface area contributed by atoms with Crippen LogP contribution in [0.25, 0.3) is 0 Å². The van der Waals surface area contributed by atoms with Crippen molar-refractivity contribution in [2.75, 3.05) is 6.54 Å². The zero-order valence-electron chi connectivity index (χ0n) is 13.4. The number of thiophene rings is 1. The zero-order valence-corrected chi connectivity index (χ0v) is 14.2. The third-order valence-electron chi connectivity index (χ3n) is 3.84. The number of hydrogen-bond donors (Lipinski definition) is 2. The van der Waals surface area contributed by atoms with Crippen molar-refractivity contribution in [3.63, 3.8) is 0 Å². The fourth-order valence-corrected chi connectivity index (χ4v) is 3.13. The van der Waals surface area contributed by atoms with Crippen LogP contribution in [0.3, 0.4) is 0 Å². The fraction of sp³-hybridized carbons (Fsp3) is 0.688. The van der Waals surface area contributed by atoms with E-state index < -0.39 is 11.5 Å². The van der Waals surface area contributed by atoms with E-state index in [1.54, 1.807) is 11.3 Å². The predicted molar refractivity (Wildman–Crippen MR) is 85.0 cm³/mol. The lowest BCUT2D eigenvalue weighted by Gasteiger charge is -2.34. The van der Waals surface area contributed by atoms with Crippen LogP contribution in [0.1, 0.15) is 46.4 Å². The summed E-state index contributed by atoms with van der Waals surface area (Å²) in [5.41, 5.74) is -0.873. The molecule has 1 atom stereocenters. The van der Waals surface area contributed by atoms with Crippen molar-refractivity contribution in [1.82, 2.24) is 5.32 Å². The molecule has 0 fully saturated rings. The first-order valence-corrected chi connectivity index (χ1v) is 7.97. The number of carbonyl (C=O) groups excluding carboxylic acids is 1. The Morgan fingerprint density at radius 2 is 1.95 bits per heavy atom.